The lowest BCUT2D eigenvalue weighted by Crippen LogP contribution is -2.44. The fourth-order valence-corrected chi connectivity index (χ4v) is 2.62. The van der Waals surface area contributed by atoms with Crippen LogP contribution in [-0.4, -0.2) is 55.0 Å². The van der Waals surface area contributed by atoms with E-state index in [1.54, 1.807) is 19.1 Å². The van der Waals surface area contributed by atoms with Gasteiger partial charge in [-0.3, -0.25) is 14.9 Å². The predicted octanol–water partition coefficient (Wildman–Crippen LogP) is 0.928. The summed E-state index contributed by atoms with van der Waals surface area (Å²) >= 11 is 0. The number of nitrogens with zero attached hydrogens (tertiary/aromatic N) is 2. The maximum absolute atomic E-state index is 12.1. The quantitative estimate of drug-likeness (QED) is 0.464. The number of nitro benzene ring substituents is 1. The topological polar surface area (TPSA) is 87.5 Å². The number of hydrogen-bond acceptors (Lipinski definition) is 5. The minimum atomic E-state index is -0.495. The molecule has 1 aromatic rings. The fraction of sp³-hybridized carbons (Fsp3) is 0.533. The van der Waals surface area contributed by atoms with Crippen molar-refractivity contribution >= 4 is 11.6 Å². The van der Waals surface area contributed by atoms with Crippen molar-refractivity contribution in [1.29, 1.82) is 0 Å². The Morgan fingerprint density at radius 2 is 2.14 bits per heavy atom. The summed E-state index contributed by atoms with van der Waals surface area (Å²) in [5.74, 6) is -0.379. The summed E-state index contributed by atoms with van der Waals surface area (Å²) in [6.07, 6.45) is 0.839. The summed E-state index contributed by atoms with van der Waals surface area (Å²) in [5, 5.41) is 17.2. The number of nitro groups is 1. The molecule has 2 N–H and O–H groups in total. The molecule has 1 fully saturated rings. The normalized spacial score (nSPS) is 15.5. The average Bonchev–Trinajstić information content (AvgIpc) is 2.51. The number of carbonyl (C=O) groups is 1. The summed E-state index contributed by atoms with van der Waals surface area (Å²) in [7, 11) is 0. The lowest BCUT2D eigenvalue weighted by molar-refractivity contribution is -0.385. The number of carbonyl (C=O) groups excluding carboxylic acids is 1. The molecule has 120 valence electrons. The van der Waals surface area contributed by atoms with Crippen molar-refractivity contribution in [2.24, 2.45) is 0 Å². The van der Waals surface area contributed by atoms with Gasteiger partial charge in [-0.05, 0) is 26.0 Å². The number of benzene rings is 1. The molecule has 0 saturated carbocycles. The van der Waals surface area contributed by atoms with E-state index in [1.807, 2.05) is 0 Å². The Morgan fingerprint density at radius 3 is 2.82 bits per heavy atom. The first-order valence-electron chi connectivity index (χ1n) is 7.55. The second kappa shape index (κ2) is 7.86. The molecule has 1 saturated heterocycles. The van der Waals surface area contributed by atoms with Gasteiger partial charge in [-0.25, -0.2) is 0 Å². The fourth-order valence-electron chi connectivity index (χ4n) is 2.62. The summed E-state index contributed by atoms with van der Waals surface area (Å²) in [6, 6.07) is 4.80. The van der Waals surface area contributed by atoms with E-state index < -0.39 is 4.92 Å². The van der Waals surface area contributed by atoms with E-state index in [2.05, 4.69) is 15.5 Å². The average molecular weight is 306 g/mol. The molecule has 2 rings (SSSR count). The minimum Gasteiger partial charge on any atom is -0.352 e. The SMILES string of the molecule is Cc1cccc(C(=O)NCCCN2CCNCC2)c1[N+](=O)[O-]. The van der Waals surface area contributed by atoms with Gasteiger partial charge in [0.25, 0.3) is 11.6 Å². The Kier molecular flexibility index (Phi) is 5.85. The van der Waals surface area contributed by atoms with Gasteiger partial charge in [0, 0.05) is 38.3 Å². The highest BCUT2D eigenvalue weighted by Crippen LogP contribution is 2.22. The largest absolute Gasteiger partial charge is 0.352 e. The van der Waals surface area contributed by atoms with Crippen LogP contribution in [0.15, 0.2) is 18.2 Å². The van der Waals surface area contributed by atoms with E-state index in [0.717, 1.165) is 39.1 Å². The Bertz CT molecular complexity index is 542. The van der Waals surface area contributed by atoms with Crippen molar-refractivity contribution in [3.63, 3.8) is 0 Å². The Labute approximate surface area is 129 Å². The van der Waals surface area contributed by atoms with Gasteiger partial charge >= 0.3 is 0 Å². The van der Waals surface area contributed by atoms with Crippen molar-refractivity contribution in [2.45, 2.75) is 13.3 Å². The van der Waals surface area contributed by atoms with E-state index in [1.165, 1.54) is 6.07 Å². The molecule has 0 aromatic heterocycles. The van der Waals surface area contributed by atoms with Crippen LogP contribution >= 0.6 is 0 Å². The van der Waals surface area contributed by atoms with Crippen molar-refractivity contribution in [3.8, 4) is 0 Å². The second-order valence-corrected chi connectivity index (χ2v) is 5.43. The standard InChI is InChI=1S/C15H22N4O3/c1-12-4-2-5-13(14(12)19(21)22)15(20)17-6-3-9-18-10-7-16-8-11-18/h2,4-5,16H,3,6-11H2,1H3,(H,17,20). The molecule has 0 aliphatic carbocycles. The van der Waals surface area contributed by atoms with Gasteiger partial charge < -0.3 is 15.5 Å². The van der Waals surface area contributed by atoms with Gasteiger partial charge in [-0.2, -0.15) is 0 Å². The van der Waals surface area contributed by atoms with Gasteiger partial charge in [-0.15, -0.1) is 0 Å². The molecule has 1 heterocycles. The predicted molar refractivity (Wildman–Crippen MR) is 84.1 cm³/mol. The van der Waals surface area contributed by atoms with Gasteiger partial charge in [0.2, 0.25) is 0 Å². The van der Waals surface area contributed by atoms with Crippen molar-refractivity contribution < 1.29 is 9.72 Å². The molecule has 0 spiro atoms. The summed E-state index contributed by atoms with van der Waals surface area (Å²) in [4.78, 5) is 25.1. The van der Waals surface area contributed by atoms with Crippen LogP contribution in [0.4, 0.5) is 5.69 Å². The van der Waals surface area contributed by atoms with Crippen LogP contribution in [0.2, 0.25) is 0 Å². The van der Waals surface area contributed by atoms with Crippen LogP contribution < -0.4 is 10.6 Å². The maximum atomic E-state index is 12.1. The molecule has 1 aromatic carbocycles. The number of piperazine rings is 1. The van der Waals surface area contributed by atoms with Gasteiger partial charge in [0.05, 0.1) is 4.92 Å². The molecular formula is C15H22N4O3. The third-order valence-electron chi connectivity index (χ3n) is 3.81. The van der Waals surface area contributed by atoms with E-state index in [9.17, 15) is 14.9 Å². The molecule has 0 unspecified atom stereocenters. The summed E-state index contributed by atoms with van der Waals surface area (Å²) in [6.45, 7) is 7.14. The van der Waals surface area contributed by atoms with Crippen LogP contribution in [0.5, 0.6) is 0 Å². The minimum absolute atomic E-state index is 0.109. The monoisotopic (exact) mass is 306 g/mol. The first-order chi connectivity index (χ1) is 10.6. The van der Waals surface area contributed by atoms with Crippen molar-refractivity contribution in [3.05, 3.63) is 39.4 Å². The second-order valence-electron chi connectivity index (χ2n) is 5.43. The molecule has 0 atom stereocenters. The lowest BCUT2D eigenvalue weighted by atomic mass is 10.1. The lowest BCUT2D eigenvalue weighted by Gasteiger charge is -2.27. The molecular weight excluding hydrogens is 284 g/mol. The van der Waals surface area contributed by atoms with Crippen LogP contribution in [-0.2, 0) is 0 Å². The molecule has 7 nitrogen and oxygen atoms in total. The number of rotatable bonds is 6. The molecule has 0 bridgehead atoms. The zero-order chi connectivity index (χ0) is 15.9. The highest BCUT2D eigenvalue weighted by Gasteiger charge is 2.21. The van der Waals surface area contributed by atoms with Gasteiger partial charge in [0.1, 0.15) is 5.56 Å². The first kappa shape index (κ1) is 16.4. The van der Waals surface area contributed by atoms with Gasteiger partial charge in [-0.1, -0.05) is 12.1 Å². The van der Waals surface area contributed by atoms with Crippen LogP contribution in [0.25, 0.3) is 0 Å². The Balaban J connectivity index is 1.84. The smallest absolute Gasteiger partial charge is 0.285 e. The van der Waals surface area contributed by atoms with Crippen LogP contribution in [0, 0.1) is 17.0 Å². The molecule has 1 aliphatic rings. The number of amides is 1. The maximum Gasteiger partial charge on any atom is 0.285 e. The number of nitrogens with one attached hydrogen (secondary N) is 2. The molecule has 1 aliphatic heterocycles. The van der Waals surface area contributed by atoms with E-state index >= 15 is 0 Å². The highest BCUT2D eigenvalue weighted by molar-refractivity contribution is 5.98. The Morgan fingerprint density at radius 1 is 1.41 bits per heavy atom. The van der Waals surface area contributed by atoms with E-state index in [-0.39, 0.29) is 17.2 Å². The number of para-hydroxylation sites is 1. The molecule has 0 radical (unpaired) electrons. The highest BCUT2D eigenvalue weighted by atomic mass is 16.6. The number of hydrogen-bond donors (Lipinski definition) is 2. The third-order valence-corrected chi connectivity index (χ3v) is 3.81. The zero-order valence-electron chi connectivity index (χ0n) is 12.8. The number of aryl methyl sites for hydroxylation is 1. The molecule has 1 amide bonds. The van der Waals surface area contributed by atoms with E-state index in [0.29, 0.717) is 12.1 Å². The first-order valence-corrected chi connectivity index (χ1v) is 7.55. The van der Waals surface area contributed by atoms with Crippen LogP contribution in [0.3, 0.4) is 0 Å². The van der Waals surface area contributed by atoms with Crippen molar-refractivity contribution in [2.75, 3.05) is 39.3 Å². The summed E-state index contributed by atoms with van der Waals surface area (Å²) in [5.41, 5.74) is 0.521. The van der Waals surface area contributed by atoms with E-state index in [4.69, 9.17) is 0 Å². The molecule has 7 heteroatoms. The third kappa shape index (κ3) is 4.25. The zero-order valence-corrected chi connectivity index (χ0v) is 12.8. The van der Waals surface area contributed by atoms with Gasteiger partial charge in [0.15, 0.2) is 0 Å². The Hall–Kier alpha value is -1.99. The molecule has 22 heavy (non-hydrogen) atoms. The summed E-state index contributed by atoms with van der Waals surface area (Å²) < 4.78 is 0. The van der Waals surface area contributed by atoms with Crippen LogP contribution in [0.1, 0.15) is 22.3 Å². The van der Waals surface area contributed by atoms with Crippen molar-refractivity contribution in [1.82, 2.24) is 15.5 Å².